The first-order valence-electron chi connectivity index (χ1n) is 7.57. The van der Waals surface area contributed by atoms with E-state index in [4.69, 9.17) is 0 Å². The average molecular weight is 373 g/mol. The van der Waals surface area contributed by atoms with Gasteiger partial charge in [0, 0.05) is 10.9 Å². The quantitative estimate of drug-likeness (QED) is 0.691. The lowest BCUT2D eigenvalue weighted by atomic mass is 10.2. The first-order chi connectivity index (χ1) is 12.5. The van der Waals surface area contributed by atoms with Crippen LogP contribution in [0.4, 0.5) is 8.78 Å². The van der Waals surface area contributed by atoms with Crippen molar-refractivity contribution >= 4 is 23.2 Å². The molecule has 2 N–H and O–H groups in total. The van der Waals surface area contributed by atoms with Crippen LogP contribution < -0.4 is 10.9 Å². The van der Waals surface area contributed by atoms with Crippen LogP contribution in [-0.4, -0.2) is 16.8 Å². The van der Waals surface area contributed by atoms with Crippen LogP contribution in [0.3, 0.4) is 0 Å². The number of thiazole rings is 1. The van der Waals surface area contributed by atoms with E-state index < -0.39 is 17.6 Å². The predicted octanol–water partition coefficient (Wildman–Crippen LogP) is 3.09. The number of amides is 2. The van der Waals surface area contributed by atoms with Crippen LogP contribution in [0.5, 0.6) is 0 Å². The van der Waals surface area contributed by atoms with E-state index in [1.807, 2.05) is 0 Å². The molecule has 1 aromatic heterocycles. The number of carbonyl (C=O) groups is 2. The van der Waals surface area contributed by atoms with Gasteiger partial charge in [-0.05, 0) is 36.4 Å². The Morgan fingerprint density at radius 1 is 1.00 bits per heavy atom. The zero-order valence-electron chi connectivity index (χ0n) is 13.3. The summed E-state index contributed by atoms with van der Waals surface area (Å²) < 4.78 is 26.4. The second-order valence-electron chi connectivity index (χ2n) is 5.31. The molecule has 0 aliphatic rings. The van der Waals surface area contributed by atoms with Crippen LogP contribution in [-0.2, 0) is 11.2 Å². The van der Waals surface area contributed by atoms with Crippen LogP contribution in [0.1, 0.15) is 16.1 Å². The summed E-state index contributed by atoms with van der Waals surface area (Å²) in [6.07, 6.45) is -0.0603. The van der Waals surface area contributed by atoms with Crippen LogP contribution in [0.25, 0.3) is 10.6 Å². The Morgan fingerprint density at radius 3 is 2.46 bits per heavy atom. The number of carbonyl (C=O) groups excluding carboxylic acids is 2. The molecule has 26 heavy (non-hydrogen) atoms. The number of hydrogen-bond acceptors (Lipinski definition) is 4. The highest BCUT2D eigenvalue weighted by Gasteiger charge is 2.13. The van der Waals surface area contributed by atoms with Crippen LogP contribution in [0.15, 0.2) is 53.9 Å². The zero-order valence-corrected chi connectivity index (χ0v) is 14.1. The topological polar surface area (TPSA) is 71.1 Å². The minimum atomic E-state index is -0.748. The second kappa shape index (κ2) is 7.83. The minimum absolute atomic E-state index is 0.0603. The van der Waals surface area contributed by atoms with Gasteiger partial charge in [0.2, 0.25) is 5.91 Å². The fourth-order valence-electron chi connectivity index (χ4n) is 2.16. The van der Waals surface area contributed by atoms with Crippen molar-refractivity contribution in [2.24, 2.45) is 0 Å². The van der Waals surface area contributed by atoms with Gasteiger partial charge in [-0.2, -0.15) is 0 Å². The molecule has 5 nitrogen and oxygen atoms in total. The Kier molecular flexibility index (Phi) is 5.33. The average Bonchev–Trinajstić information content (AvgIpc) is 3.09. The van der Waals surface area contributed by atoms with Crippen molar-refractivity contribution in [2.75, 3.05) is 0 Å². The Labute approximate surface area is 151 Å². The number of hydrogen-bond donors (Lipinski definition) is 2. The minimum Gasteiger partial charge on any atom is -0.273 e. The Balaban J connectivity index is 1.56. The molecule has 2 amide bonds. The normalized spacial score (nSPS) is 10.4. The molecule has 3 aromatic rings. The lowest BCUT2D eigenvalue weighted by Crippen LogP contribution is -2.42. The number of nitrogens with zero attached hydrogens (tertiary/aromatic N) is 1. The van der Waals surface area contributed by atoms with Gasteiger partial charge in [0.25, 0.3) is 5.91 Å². The summed E-state index contributed by atoms with van der Waals surface area (Å²) >= 11 is 1.32. The number of halogens is 2. The van der Waals surface area contributed by atoms with E-state index in [9.17, 15) is 18.4 Å². The lowest BCUT2D eigenvalue weighted by Gasteiger charge is -2.07. The maximum atomic E-state index is 13.5. The second-order valence-corrected chi connectivity index (χ2v) is 6.17. The molecule has 1 heterocycles. The third-order valence-electron chi connectivity index (χ3n) is 3.42. The Bertz CT molecular complexity index is 942. The number of benzene rings is 2. The van der Waals surface area contributed by atoms with Crippen LogP contribution >= 0.6 is 11.3 Å². The van der Waals surface area contributed by atoms with Gasteiger partial charge in [-0.25, -0.2) is 13.8 Å². The molecule has 3 rings (SSSR count). The smallest absolute Gasteiger partial charge is 0.272 e. The standard InChI is InChI=1S/C18H13F2N3O2S/c19-12-7-5-11(6-8-12)18-21-13(10-26-18)9-16(24)22-23-17(25)14-3-1-2-4-15(14)20/h1-8,10H,9H2,(H,22,24)(H,23,25). The molecule has 0 radical (unpaired) electrons. The van der Waals surface area contributed by atoms with Crippen molar-refractivity contribution in [3.05, 3.63) is 76.8 Å². The van der Waals surface area contributed by atoms with E-state index in [-0.39, 0.29) is 17.8 Å². The molecule has 2 aromatic carbocycles. The number of rotatable bonds is 4. The molecule has 0 aliphatic heterocycles. The SMILES string of the molecule is O=C(Cc1csc(-c2ccc(F)cc2)n1)NNC(=O)c1ccccc1F. The third kappa shape index (κ3) is 4.28. The molecule has 0 saturated heterocycles. The van der Waals surface area contributed by atoms with E-state index in [2.05, 4.69) is 15.8 Å². The molecule has 0 saturated carbocycles. The number of nitrogens with one attached hydrogen (secondary N) is 2. The first-order valence-corrected chi connectivity index (χ1v) is 8.45. The molecule has 0 bridgehead atoms. The highest BCUT2D eigenvalue weighted by atomic mass is 32.1. The van der Waals surface area contributed by atoms with E-state index in [0.29, 0.717) is 10.7 Å². The van der Waals surface area contributed by atoms with Gasteiger partial charge in [-0.1, -0.05) is 12.1 Å². The van der Waals surface area contributed by atoms with Gasteiger partial charge in [0.1, 0.15) is 16.6 Å². The number of hydrazine groups is 1. The summed E-state index contributed by atoms with van der Waals surface area (Å²) in [5.41, 5.74) is 5.47. The molecule has 132 valence electrons. The molecule has 0 fully saturated rings. The molecular formula is C18H13F2N3O2S. The molecule has 0 unspecified atom stereocenters. The van der Waals surface area contributed by atoms with Crippen molar-refractivity contribution in [1.29, 1.82) is 0 Å². The lowest BCUT2D eigenvalue weighted by molar-refractivity contribution is -0.121. The summed E-state index contributed by atoms with van der Waals surface area (Å²) in [6, 6.07) is 11.3. The monoisotopic (exact) mass is 373 g/mol. The zero-order chi connectivity index (χ0) is 18.5. The summed E-state index contributed by atoms with van der Waals surface area (Å²) in [6.45, 7) is 0. The summed E-state index contributed by atoms with van der Waals surface area (Å²) in [4.78, 5) is 28.1. The van der Waals surface area contributed by atoms with Crippen molar-refractivity contribution in [3.8, 4) is 10.6 Å². The van der Waals surface area contributed by atoms with Crippen LogP contribution in [0, 0.1) is 11.6 Å². The third-order valence-corrected chi connectivity index (χ3v) is 4.36. The first kappa shape index (κ1) is 17.7. The summed E-state index contributed by atoms with van der Waals surface area (Å²) in [5.74, 6) is -2.26. The molecule has 0 spiro atoms. The summed E-state index contributed by atoms with van der Waals surface area (Å²) in [7, 11) is 0. The molecule has 8 heteroatoms. The maximum Gasteiger partial charge on any atom is 0.272 e. The highest BCUT2D eigenvalue weighted by Crippen LogP contribution is 2.24. The summed E-state index contributed by atoms with van der Waals surface area (Å²) in [5, 5.41) is 2.36. The fraction of sp³-hybridized carbons (Fsp3) is 0.0556. The maximum absolute atomic E-state index is 13.5. The van der Waals surface area contributed by atoms with Crippen molar-refractivity contribution in [3.63, 3.8) is 0 Å². The van der Waals surface area contributed by atoms with Gasteiger partial charge < -0.3 is 0 Å². The Morgan fingerprint density at radius 2 is 1.73 bits per heavy atom. The van der Waals surface area contributed by atoms with Crippen molar-refractivity contribution in [2.45, 2.75) is 6.42 Å². The van der Waals surface area contributed by atoms with Crippen molar-refractivity contribution in [1.82, 2.24) is 15.8 Å². The fourth-order valence-corrected chi connectivity index (χ4v) is 2.99. The van der Waals surface area contributed by atoms with E-state index >= 15 is 0 Å². The van der Waals surface area contributed by atoms with Crippen molar-refractivity contribution < 1.29 is 18.4 Å². The van der Waals surface area contributed by atoms with E-state index in [0.717, 1.165) is 11.6 Å². The van der Waals surface area contributed by atoms with Gasteiger partial charge in [0.15, 0.2) is 0 Å². The van der Waals surface area contributed by atoms with E-state index in [1.54, 1.807) is 17.5 Å². The van der Waals surface area contributed by atoms with Gasteiger partial charge >= 0.3 is 0 Å². The molecular weight excluding hydrogens is 360 g/mol. The van der Waals surface area contributed by atoms with Crippen LogP contribution in [0.2, 0.25) is 0 Å². The Hall–Kier alpha value is -3.13. The molecule has 0 atom stereocenters. The highest BCUT2D eigenvalue weighted by molar-refractivity contribution is 7.13. The predicted molar refractivity (Wildman–Crippen MR) is 93.2 cm³/mol. The van der Waals surface area contributed by atoms with Gasteiger partial charge in [-0.15, -0.1) is 11.3 Å². The largest absolute Gasteiger partial charge is 0.273 e. The molecule has 0 aliphatic carbocycles. The number of aromatic nitrogens is 1. The van der Waals surface area contributed by atoms with Gasteiger partial charge in [0.05, 0.1) is 17.7 Å². The van der Waals surface area contributed by atoms with E-state index in [1.165, 1.54) is 41.7 Å². The van der Waals surface area contributed by atoms with Gasteiger partial charge in [-0.3, -0.25) is 20.4 Å².